The summed E-state index contributed by atoms with van der Waals surface area (Å²) in [5.41, 5.74) is -1.31. The van der Waals surface area contributed by atoms with E-state index in [0.717, 1.165) is 0 Å². The molecule has 15 heteroatoms. The predicted molar refractivity (Wildman–Crippen MR) is 150 cm³/mol. The number of aryl methyl sites for hydroxylation is 2. The van der Waals surface area contributed by atoms with Gasteiger partial charge in [0.2, 0.25) is 17.6 Å². The van der Waals surface area contributed by atoms with Crippen LogP contribution in [0.4, 0.5) is 15.4 Å². The third-order valence-electron chi connectivity index (χ3n) is 5.36. The zero-order valence-electron chi connectivity index (χ0n) is 25.1. The highest BCUT2D eigenvalue weighted by Crippen LogP contribution is 2.15. The molecule has 0 fully saturated rings. The highest BCUT2D eigenvalue weighted by molar-refractivity contribution is 6.00. The number of amides is 4. The smallest absolute Gasteiger partial charge is 0.407 e. The number of rotatable bonds is 15. The van der Waals surface area contributed by atoms with E-state index in [0.29, 0.717) is 31.6 Å². The number of nitrogens with one attached hydrogen (secondary N) is 4. The molecule has 1 aromatic rings. The Kier molecular flexibility index (Phi) is 14.0. The van der Waals surface area contributed by atoms with E-state index in [9.17, 15) is 29.3 Å². The van der Waals surface area contributed by atoms with E-state index in [1.54, 1.807) is 53.0 Å². The molecule has 41 heavy (non-hydrogen) atoms. The first kappa shape index (κ1) is 35.1. The summed E-state index contributed by atoms with van der Waals surface area (Å²) in [4.78, 5) is 63.6. The van der Waals surface area contributed by atoms with Crippen molar-refractivity contribution in [3.05, 3.63) is 22.1 Å². The van der Waals surface area contributed by atoms with Gasteiger partial charge >= 0.3 is 18.0 Å². The number of ether oxygens (including phenoxy) is 2. The van der Waals surface area contributed by atoms with Gasteiger partial charge in [0, 0.05) is 39.6 Å². The van der Waals surface area contributed by atoms with Gasteiger partial charge in [-0.3, -0.25) is 9.59 Å². The molecule has 4 N–H and O–H groups in total. The number of aromatic nitrogens is 2. The average molecular weight is 584 g/mol. The van der Waals surface area contributed by atoms with Crippen molar-refractivity contribution < 1.29 is 33.6 Å². The Morgan fingerprint density at radius 1 is 0.854 bits per heavy atom. The fourth-order valence-electron chi connectivity index (χ4n) is 3.57. The lowest BCUT2D eigenvalue weighted by molar-refractivity contribution is -0.389. The van der Waals surface area contributed by atoms with Crippen LogP contribution < -0.4 is 21.3 Å². The Morgan fingerprint density at radius 2 is 1.32 bits per heavy atom. The topological polar surface area (TPSA) is 196 Å². The van der Waals surface area contributed by atoms with Crippen LogP contribution >= 0.6 is 0 Å². The minimum atomic E-state index is -0.992. The third-order valence-corrected chi connectivity index (χ3v) is 5.36. The van der Waals surface area contributed by atoms with Crippen molar-refractivity contribution in [2.45, 2.75) is 91.9 Å². The van der Waals surface area contributed by atoms with E-state index < -0.39 is 46.0 Å². The molecule has 0 saturated heterocycles. The highest BCUT2D eigenvalue weighted by atomic mass is 16.6. The lowest BCUT2D eigenvalue weighted by Gasteiger charge is -2.20. The predicted octanol–water partition coefficient (Wildman–Crippen LogP) is 2.56. The monoisotopic (exact) mass is 583 g/mol. The molecule has 0 radical (unpaired) electrons. The highest BCUT2D eigenvalue weighted by Gasteiger charge is 2.26. The maximum absolute atomic E-state index is 12.9. The SMILES string of the molecule is Cc1nc([N+](=O)[O-])cn1CCCCCC(C(=O)NCCNC(=O)OC(C)(C)C)C(=O)NCCNC(=O)OC(C)(C)C. The second-order valence-corrected chi connectivity index (χ2v) is 11.4. The molecule has 0 spiro atoms. The molecule has 0 bridgehead atoms. The number of imidazole rings is 1. The van der Waals surface area contributed by atoms with Crippen molar-refractivity contribution in [3.63, 3.8) is 0 Å². The minimum absolute atomic E-state index is 0.0980. The van der Waals surface area contributed by atoms with Crippen LogP contribution in [-0.4, -0.2) is 75.9 Å². The molecular weight excluding hydrogens is 538 g/mol. The van der Waals surface area contributed by atoms with Crippen molar-refractivity contribution in [2.75, 3.05) is 26.2 Å². The third kappa shape index (κ3) is 15.5. The summed E-state index contributed by atoms with van der Waals surface area (Å²) in [7, 11) is 0. The Labute approximate surface area is 240 Å². The normalized spacial score (nSPS) is 11.5. The van der Waals surface area contributed by atoms with Gasteiger partial charge in [-0.25, -0.2) is 9.59 Å². The number of hydrogen-bond donors (Lipinski definition) is 4. The molecule has 1 rings (SSSR count). The zero-order valence-corrected chi connectivity index (χ0v) is 25.1. The first-order valence-corrected chi connectivity index (χ1v) is 13.7. The molecule has 4 amide bonds. The van der Waals surface area contributed by atoms with Crippen LogP contribution in [0.1, 0.15) is 73.1 Å². The average Bonchev–Trinajstić information content (AvgIpc) is 3.20. The number of alkyl carbamates (subject to hydrolysis) is 2. The van der Waals surface area contributed by atoms with E-state index in [-0.39, 0.29) is 38.4 Å². The van der Waals surface area contributed by atoms with Gasteiger partial charge in [0.1, 0.15) is 23.3 Å². The fourth-order valence-corrected chi connectivity index (χ4v) is 3.57. The van der Waals surface area contributed by atoms with Crippen molar-refractivity contribution in [1.29, 1.82) is 0 Å². The van der Waals surface area contributed by atoms with Crippen molar-refractivity contribution in [3.8, 4) is 0 Å². The molecular formula is C26H45N7O8. The quantitative estimate of drug-likeness (QED) is 0.104. The lowest BCUT2D eigenvalue weighted by Crippen LogP contribution is -2.45. The summed E-state index contributed by atoms with van der Waals surface area (Å²) in [5, 5.41) is 21.3. The second-order valence-electron chi connectivity index (χ2n) is 11.4. The van der Waals surface area contributed by atoms with Gasteiger partial charge in [-0.1, -0.05) is 12.8 Å². The van der Waals surface area contributed by atoms with Crippen LogP contribution in [0.3, 0.4) is 0 Å². The number of carbonyl (C=O) groups excluding carboxylic acids is 4. The number of nitro groups is 1. The lowest BCUT2D eigenvalue weighted by atomic mass is 9.99. The van der Waals surface area contributed by atoms with Crippen molar-refractivity contribution in [2.24, 2.45) is 5.92 Å². The van der Waals surface area contributed by atoms with Crippen LogP contribution in [0, 0.1) is 23.0 Å². The van der Waals surface area contributed by atoms with Gasteiger partial charge in [0.25, 0.3) is 0 Å². The van der Waals surface area contributed by atoms with Crippen LogP contribution in [-0.2, 0) is 25.6 Å². The maximum atomic E-state index is 12.9. The molecule has 0 unspecified atom stereocenters. The molecule has 232 valence electrons. The molecule has 1 heterocycles. The molecule has 0 aliphatic carbocycles. The van der Waals surface area contributed by atoms with Gasteiger partial charge in [-0.2, -0.15) is 0 Å². The van der Waals surface area contributed by atoms with Gasteiger partial charge < -0.3 is 45.4 Å². The number of nitrogens with zero attached hydrogens (tertiary/aromatic N) is 3. The van der Waals surface area contributed by atoms with E-state index in [4.69, 9.17) is 9.47 Å². The largest absolute Gasteiger partial charge is 0.444 e. The molecule has 15 nitrogen and oxygen atoms in total. The van der Waals surface area contributed by atoms with E-state index >= 15 is 0 Å². The van der Waals surface area contributed by atoms with Crippen LogP contribution in [0.5, 0.6) is 0 Å². The molecule has 1 aromatic heterocycles. The van der Waals surface area contributed by atoms with Gasteiger partial charge in [0.05, 0.1) is 0 Å². The Bertz CT molecular complexity index is 996. The molecule has 0 aliphatic heterocycles. The van der Waals surface area contributed by atoms with Gasteiger partial charge in [0.15, 0.2) is 0 Å². The fraction of sp³-hybridized carbons (Fsp3) is 0.731. The molecule has 0 aromatic carbocycles. The van der Waals surface area contributed by atoms with E-state index in [1.165, 1.54) is 6.20 Å². The second kappa shape index (κ2) is 16.4. The summed E-state index contributed by atoms with van der Waals surface area (Å²) in [6.07, 6.45) is 2.31. The van der Waals surface area contributed by atoms with E-state index in [2.05, 4.69) is 26.3 Å². The summed E-state index contributed by atoms with van der Waals surface area (Å²) in [6.45, 7) is 13.1. The first-order valence-electron chi connectivity index (χ1n) is 13.7. The number of unbranched alkanes of at least 4 members (excludes halogenated alkanes) is 2. The van der Waals surface area contributed by atoms with Crippen LogP contribution in [0.2, 0.25) is 0 Å². The molecule has 0 saturated carbocycles. The minimum Gasteiger partial charge on any atom is -0.444 e. The van der Waals surface area contributed by atoms with Crippen LogP contribution in [0.15, 0.2) is 6.20 Å². The van der Waals surface area contributed by atoms with Gasteiger partial charge in [-0.15, -0.1) is 0 Å². The summed E-state index contributed by atoms with van der Waals surface area (Å²) in [5.74, 6) is -1.65. The molecule has 0 atom stereocenters. The Hall–Kier alpha value is -3.91. The van der Waals surface area contributed by atoms with E-state index in [1.807, 2.05) is 0 Å². The summed E-state index contributed by atoms with van der Waals surface area (Å²) < 4.78 is 12.0. The molecule has 0 aliphatic rings. The zero-order chi connectivity index (χ0) is 31.2. The number of carbonyl (C=O) groups is 4. The van der Waals surface area contributed by atoms with Crippen molar-refractivity contribution in [1.82, 2.24) is 30.8 Å². The first-order chi connectivity index (χ1) is 19.0. The Balaban J connectivity index is 2.60. The van der Waals surface area contributed by atoms with Gasteiger partial charge in [-0.05, 0) is 64.3 Å². The summed E-state index contributed by atoms with van der Waals surface area (Å²) in [6, 6.07) is 0. The standard InChI is InChI=1S/C26H45N7O8/c1-18-31-20(33(38)39)17-32(18)16-10-8-9-11-19(21(34)27-12-14-29-23(36)40-25(2,3)4)22(35)28-13-15-30-24(37)41-26(5,6)7/h17,19H,8-16H2,1-7H3,(H,27,34)(H,28,35)(H,29,36)(H,30,37). The Morgan fingerprint density at radius 3 is 1.73 bits per heavy atom. The van der Waals surface area contributed by atoms with Crippen LogP contribution in [0.25, 0.3) is 0 Å². The number of hydrogen-bond acceptors (Lipinski definition) is 9. The van der Waals surface area contributed by atoms with Crippen molar-refractivity contribution >= 4 is 29.8 Å². The maximum Gasteiger partial charge on any atom is 0.407 e. The summed E-state index contributed by atoms with van der Waals surface area (Å²) >= 11 is 0.